The lowest BCUT2D eigenvalue weighted by Gasteiger charge is -2.20. The number of hydrogen-bond donors (Lipinski definition) is 3. The highest BCUT2D eigenvalue weighted by Gasteiger charge is 2.16. The normalized spacial score (nSPS) is 11.8. The van der Waals surface area contributed by atoms with Gasteiger partial charge in [0.1, 0.15) is 0 Å². The second-order valence-corrected chi connectivity index (χ2v) is 10.8. The van der Waals surface area contributed by atoms with E-state index in [1.807, 2.05) is 49.1 Å². The highest BCUT2D eigenvalue weighted by molar-refractivity contribution is 6.00. The lowest BCUT2D eigenvalue weighted by atomic mass is 9.91. The van der Waals surface area contributed by atoms with Gasteiger partial charge in [0, 0.05) is 57.3 Å². The van der Waals surface area contributed by atoms with Crippen LogP contribution in [0.3, 0.4) is 0 Å². The SMILES string of the molecule is C=C(CC(C)(C)C)Nc1cncc(-c2cnc3n[nH]c(-c4cc5c(-c6ccccn6)cccc5[nH]4)c3c2)c1. The van der Waals surface area contributed by atoms with Crippen molar-refractivity contribution >= 4 is 27.6 Å². The van der Waals surface area contributed by atoms with Gasteiger partial charge in [-0.15, -0.1) is 0 Å². The molecule has 38 heavy (non-hydrogen) atoms. The Morgan fingerprint density at radius 3 is 2.61 bits per heavy atom. The van der Waals surface area contributed by atoms with Crippen molar-refractivity contribution in [2.45, 2.75) is 27.2 Å². The van der Waals surface area contributed by atoms with Crippen molar-refractivity contribution in [3.63, 3.8) is 0 Å². The minimum Gasteiger partial charge on any atom is -0.358 e. The number of nitrogens with one attached hydrogen (secondary N) is 3. The van der Waals surface area contributed by atoms with Crippen molar-refractivity contribution in [1.29, 1.82) is 0 Å². The molecule has 5 heterocycles. The standard InChI is InChI=1S/C31H29N7/c1-19(15-31(2,3)4)35-22-12-20(16-32-18-22)21-13-25-29(37-38-30(25)34-17-21)28-14-24-23(8-7-10-27(24)36-28)26-9-5-6-11-33-26/h5-14,16-18,35-36H,1,15H2,2-4H3,(H,34,37,38). The van der Waals surface area contributed by atoms with E-state index in [0.717, 1.165) is 67.9 Å². The fourth-order valence-electron chi connectivity index (χ4n) is 4.85. The topological polar surface area (TPSA) is 95.2 Å². The number of pyridine rings is 3. The Bertz CT molecular complexity index is 1770. The van der Waals surface area contributed by atoms with Gasteiger partial charge >= 0.3 is 0 Å². The molecule has 7 heteroatoms. The highest BCUT2D eigenvalue weighted by atomic mass is 15.2. The van der Waals surface area contributed by atoms with Crippen LogP contribution in [0.2, 0.25) is 0 Å². The summed E-state index contributed by atoms with van der Waals surface area (Å²) in [5.41, 5.74) is 9.50. The molecule has 0 saturated carbocycles. The summed E-state index contributed by atoms with van der Waals surface area (Å²) in [7, 11) is 0. The van der Waals surface area contributed by atoms with E-state index in [-0.39, 0.29) is 5.41 Å². The molecule has 0 bridgehead atoms. The van der Waals surface area contributed by atoms with Gasteiger partial charge in [-0.2, -0.15) is 5.10 Å². The quantitative estimate of drug-likeness (QED) is 0.219. The number of benzene rings is 1. The first kappa shape index (κ1) is 23.6. The number of allylic oxidation sites excluding steroid dienone is 1. The summed E-state index contributed by atoms with van der Waals surface area (Å²) >= 11 is 0. The van der Waals surface area contributed by atoms with Gasteiger partial charge in [0.25, 0.3) is 0 Å². The molecule has 0 atom stereocenters. The van der Waals surface area contributed by atoms with Crippen LogP contribution in [0.4, 0.5) is 5.69 Å². The molecule has 188 valence electrons. The van der Waals surface area contributed by atoms with Crippen LogP contribution in [0.5, 0.6) is 0 Å². The van der Waals surface area contributed by atoms with Gasteiger partial charge in [-0.05, 0) is 48.2 Å². The minimum absolute atomic E-state index is 0.156. The van der Waals surface area contributed by atoms with E-state index in [1.54, 1.807) is 0 Å². The zero-order valence-corrected chi connectivity index (χ0v) is 21.7. The van der Waals surface area contributed by atoms with E-state index < -0.39 is 0 Å². The van der Waals surface area contributed by atoms with E-state index in [4.69, 9.17) is 0 Å². The molecule has 3 N–H and O–H groups in total. The van der Waals surface area contributed by atoms with Crippen LogP contribution in [0.25, 0.3) is 55.7 Å². The molecule has 7 nitrogen and oxygen atoms in total. The maximum absolute atomic E-state index is 4.63. The van der Waals surface area contributed by atoms with Crippen LogP contribution in [0.1, 0.15) is 27.2 Å². The predicted molar refractivity (Wildman–Crippen MR) is 154 cm³/mol. The first-order valence-electron chi connectivity index (χ1n) is 12.6. The molecule has 0 spiro atoms. The largest absolute Gasteiger partial charge is 0.358 e. The van der Waals surface area contributed by atoms with E-state index in [1.165, 1.54) is 0 Å². The molecule has 1 aromatic carbocycles. The summed E-state index contributed by atoms with van der Waals surface area (Å²) in [6.45, 7) is 10.8. The molecule has 0 aliphatic carbocycles. The summed E-state index contributed by atoms with van der Waals surface area (Å²) in [6.07, 6.45) is 8.19. The number of aromatic nitrogens is 6. The van der Waals surface area contributed by atoms with Crippen molar-refractivity contribution in [2.75, 3.05) is 5.32 Å². The van der Waals surface area contributed by atoms with Gasteiger partial charge in [0.15, 0.2) is 5.65 Å². The molecule has 6 rings (SSSR count). The molecule has 6 aromatic rings. The molecule has 0 amide bonds. The zero-order chi connectivity index (χ0) is 26.3. The van der Waals surface area contributed by atoms with Crippen molar-refractivity contribution in [3.8, 4) is 33.8 Å². The Morgan fingerprint density at radius 1 is 0.921 bits per heavy atom. The lowest BCUT2D eigenvalue weighted by Crippen LogP contribution is -2.10. The first-order valence-corrected chi connectivity index (χ1v) is 12.6. The Morgan fingerprint density at radius 2 is 1.79 bits per heavy atom. The van der Waals surface area contributed by atoms with Gasteiger partial charge < -0.3 is 10.3 Å². The first-order chi connectivity index (χ1) is 18.3. The Hall–Kier alpha value is -4.78. The summed E-state index contributed by atoms with van der Waals surface area (Å²) < 4.78 is 0. The molecule has 0 radical (unpaired) electrons. The van der Waals surface area contributed by atoms with Gasteiger partial charge in [-0.1, -0.05) is 45.5 Å². The van der Waals surface area contributed by atoms with Crippen molar-refractivity contribution in [1.82, 2.24) is 30.1 Å². The van der Waals surface area contributed by atoms with Gasteiger partial charge in [0.05, 0.1) is 29.0 Å². The van der Waals surface area contributed by atoms with Gasteiger partial charge in [0.2, 0.25) is 0 Å². The van der Waals surface area contributed by atoms with Gasteiger partial charge in [-0.25, -0.2) is 4.98 Å². The van der Waals surface area contributed by atoms with Crippen LogP contribution in [-0.4, -0.2) is 30.1 Å². The summed E-state index contributed by atoms with van der Waals surface area (Å²) in [4.78, 5) is 17.2. The van der Waals surface area contributed by atoms with Crippen molar-refractivity contribution in [2.24, 2.45) is 5.41 Å². The van der Waals surface area contributed by atoms with Crippen molar-refractivity contribution < 1.29 is 0 Å². The molecule has 0 aliphatic rings. The third-order valence-electron chi connectivity index (χ3n) is 6.42. The summed E-state index contributed by atoms with van der Waals surface area (Å²) in [6, 6.07) is 18.5. The zero-order valence-electron chi connectivity index (χ0n) is 21.7. The van der Waals surface area contributed by atoms with E-state index >= 15 is 0 Å². The second kappa shape index (κ2) is 9.27. The van der Waals surface area contributed by atoms with Crippen LogP contribution in [-0.2, 0) is 0 Å². The molecule has 0 unspecified atom stereocenters. The molecule has 0 aliphatic heterocycles. The van der Waals surface area contributed by atoms with Crippen LogP contribution in [0, 0.1) is 5.41 Å². The maximum atomic E-state index is 4.63. The van der Waals surface area contributed by atoms with Crippen molar-refractivity contribution in [3.05, 3.63) is 91.7 Å². The fraction of sp³-hybridized carbons (Fsp3) is 0.161. The molecular weight excluding hydrogens is 470 g/mol. The van der Waals surface area contributed by atoms with Gasteiger partial charge in [-0.3, -0.25) is 15.1 Å². The number of hydrogen-bond acceptors (Lipinski definition) is 5. The van der Waals surface area contributed by atoms with E-state index in [9.17, 15) is 0 Å². The number of anilines is 1. The monoisotopic (exact) mass is 499 g/mol. The highest BCUT2D eigenvalue weighted by Crippen LogP contribution is 2.34. The smallest absolute Gasteiger partial charge is 0.181 e. The summed E-state index contributed by atoms with van der Waals surface area (Å²) in [5.74, 6) is 0. The number of aromatic amines is 2. The Kier molecular flexibility index (Phi) is 5.76. The number of fused-ring (bicyclic) bond motifs is 2. The predicted octanol–water partition coefficient (Wildman–Crippen LogP) is 7.59. The average molecular weight is 500 g/mol. The summed E-state index contributed by atoms with van der Waals surface area (Å²) in [5, 5.41) is 13.1. The fourth-order valence-corrected chi connectivity index (χ4v) is 4.85. The van der Waals surface area contributed by atoms with E-state index in [0.29, 0.717) is 5.65 Å². The third kappa shape index (κ3) is 4.66. The van der Waals surface area contributed by atoms with Crippen LogP contribution >= 0.6 is 0 Å². The Labute approximate surface area is 221 Å². The molecule has 0 saturated heterocycles. The van der Waals surface area contributed by atoms with Crippen LogP contribution < -0.4 is 5.32 Å². The average Bonchev–Trinajstić information content (AvgIpc) is 3.51. The maximum Gasteiger partial charge on any atom is 0.181 e. The third-order valence-corrected chi connectivity index (χ3v) is 6.42. The van der Waals surface area contributed by atoms with E-state index in [2.05, 4.69) is 93.1 Å². The number of nitrogens with zero attached hydrogens (tertiary/aromatic N) is 4. The number of H-pyrrole nitrogens is 2. The van der Waals surface area contributed by atoms with Crippen LogP contribution in [0.15, 0.2) is 91.7 Å². The lowest BCUT2D eigenvalue weighted by molar-refractivity contribution is 0.411. The minimum atomic E-state index is 0.156. The molecular formula is C31H29N7. The molecule has 0 fully saturated rings. The Balaban J connectivity index is 1.36. The number of rotatable bonds is 6. The second-order valence-electron chi connectivity index (χ2n) is 10.8. The molecule has 5 aromatic heterocycles.